The average molecular weight is 180 g/mol. The van der Waals surface area contributed by atoms with Gasteiger partial charge in [0.2, 0.25) is 0 Å². The van der Waals surface area contributed by atoms with Gasteiger partial charge >= 0.3 is 0 Å². The van der Waals surface area contributed by atoms with E-state index in [9.17, 15) is 0 Å². The molecule has 0 aliphatic heterocycles. The molecule has 3 saturated carbocycles. The molecule has 0 amide bonds. The van der Waals surface area contributed by atoms with Gasteiger partial charge in [-0.05, 0) is 31.4 Å². The van der Waals surface area contributed by atoms with Crippen LogP contribution in [-0.2, 0) is 0 Å². The number of rotatable bonds is 4. The molecule has 0 spiro atoms. The predicted molar refractivity (Wildman–Crippen MR) is 53.9 cm³/mol. The van der Waals surface area contributed by atoms with Gasteiger partial charge < -0.3 is 5.73 Å². The molecular weight excluding hydrogens is 164 g/mol. The highest BCUT2D eigenvalue weighted by Gasteiger charge is 2.65. The lowest BCUT2D eigenvalue weighted by molar-refractivity contribution is -0.143. The second-order valence-corrected chi connectivity index (χ2v) is 4.62. The molecule has 3 aliphatic rings. The standard InChI is InChI=1S/C9H16N4/c1-11-7-12-13(2)6-8-3-9(10,4-8)5-8/h7H,1,3-6,10H2,2H3/b12-7-. The number of aliphatic imine (C=N–C) groups is 1. The Labute approximate surface area is 78.5 Å². The molecule has 0 aromatic carbocycles. The van der Waals surface area contributed by atoms with E-state index in [-0.39, 0.29) is 5.54 Å². The lowest BCUT2D eigenvalue weighted by Crippen LogP contribution is -2.74. The van der Waals surface area contributed by atoms with E-state index in [0.717, 1.165) is 6.54 Å². The van der Waals surface area contributed by atoms with Gasteiger partial charge in [0.1, 0.15) is 6.34 Å². The van der Waals surface area contributed by atoms with Crippen LogP contribution in [0.1, 0.15) is 19.3 Å². The van der Waals surface area contributed by atoms with Crippen LogP contribution in [-0.4, -0.2) is 37.2 Å². The maximum atomic E-state index is 5.96. The molecule has 0 unspecified atom stereocenters. The fourth-order valence-electron chi connectivity index (χ4n) is 2.90. The summed E-state index contributed by atoms with van der Waals surface area (Å²) in [5.41, 5.74) is 6.63. The minimum Gasteiger partial charge on any atom is -0.325 e. The first kappa shape index (κ1) is 8.69. The Balaban J connectivity index is 1.80. The van der Waals surface area contributed by atoms with Gasteiger partial charge in [-0.15, -0.1) is 0 Å². The Hall–Kier alpha value is -0.900. The molecular formula is C9H16N4. The summed E-state index contributed by atoms with van der Waals surface area (Å²) >= 11 is 0. The first-order valence-corrected chi connectivity index (χ1v) is 4.56. The highest BCUT2D eigenvalue weighted by atomic mass is 15.4. The Kier molecular flexibility index (Phi) is 1.70. The maximum absolute atomic E-state index is 5.96. The summed E-state index contributed by atoms with van der Waals surface area (Å²) in [6.45, 7) is 4.34. The first-order chi connectivity index (χ1) is 6.08. The van der Waals surface area contributed by atoms with Crippen LogP contribution in [0.3, 0.4) is 0 Å². The molecule has 13 heavy (non-hydrogen) atoms. The quantitative estimate of drug-likeness (QED) is 0.388. The Morgan fingerprint density at radius 3 is 2.62 bits per heavy atom. The second-order valence-electron chi connectivity index (χ2n) is 4.62. The molecule has 3 fully saturated rings. The summed E-state index contributed by atoms with van der Waals surface area (Å²) < 4.78 is 0. The van der Waals surface area contributed by atoms with Crippen LogP contribution in [0.4, 0.5) is 0 Å². The minimum atomic E-state index is 0.196. The van der Waals surface area contributed by atoms with Crippen molar-refractivity contribution in [2.75, 3.05) is 13.6 Å². The SMILES string of the molecule is C=N/C=N\N(C)CC12CC(N)(C1)C2. The smallest absolute Gasteiger partial charge is 0.134 e. The Bertz CT molecular complexity index is 239. The molecule has 0 heterocycles. The van der Waals surface area contributed by atoms with Gasteiger partial charge in [-0.25, -0.2) is 0 Å². The predicted octanol–water partition coefficient (Wildman–Crippen LogP) is 0.443. The van der Waals surface area contributed by atoms with Crippen LogP contribution < -0.4 is 5.73 Å². The molecule has 0 radical (unpaired) electrons. The van der Waals surface area contributed by atoms with Crippen LogP contribution in [0.5, 0.6) is 0 Å². The van der Waals surface area contributed by atoms with E-state index >= 15 is 0 Å². The van der Waals surface area contributed by atoms with E-state index in [1.165, 1.54) is 25.6 Å². The number of hydrazone groups is 1. The van der Waals surface area contributed by atoms with Gasteiger partial charge in [0.15, 0.2) is 0 Å². The maximum Gasteiger partial charge on any atom is 0.134 e. The van der Waals surface area contributed by atoms with Gasteiger partial charge in [0.25, 0.3) is 0 Å². The van der Waals surface area contributed by atoms with E-state index in [0.29, 0.717) is 5.41 Å². The summed E-state index contributed by atoms with van der Waals surface area (Å²) in [6.07, 6.45) is 4.98. The zero-order valence-electron chi connectivity index (χ0n) is 8.03. The summed E-state index contributed by atoms with van der Waals surface area (Å²) in [6, 6.07) is 0. The van der Waals surface area contributed by atoms with Crippen molar-refractivity contribution in [2.24, 2.45) is 21.2 Å². The normalized spacial score (nSPS) is 41.1. The van der Waals surface area contributed by atoms with Crippen molar-refractivity contribution >= 4 is 13.1 Å². The van der Waals surface area contributed by atoms with Crippen molar-refractivity contribution in [1.29, 1.82) is 0 Å². The van der Waals surface area contributed by atoms with Gasteiger partial charge in [0, 0.05) is 19.1 Å². The number of nitrogens with two attached hydrogens (primary N) is 1. The van der Waals surface area contributed by atoms with Crippen LogP contribution in [0.2, 0.25) is 0 Å². The lowest BCUT2D eigenvalue weighted by Gasteiger charge is -2.69. The third kappa shape index (κ3) is 1.35. The highest BCUT2D eigenvalue weighted by molar-refractivity contribution is 5.61. The summed E-state index contributed by atoms with van der Waals surface area (Å²) in [5, 5.41) is 6.02. The summed E-state index contributed by atoms with van der Waals surface area (Å²) in [7, 11) is 1.96. The molecule has 0 atom stereocenters. The van der Waals surface area contributed by atoms with E-state index < -0.39 is 0 Å². The van der Waals surface area contributed by atoms with E-state index in [1.807, 2.05) is 12.1 Å². The first-order valence-electron chi connectivity index (χ1n) is 4.56. The van der Waals surface area contributed by atoms with Crippen LogP contribution in [0, 0.1) is 5.41 Å². The zero-order valence-corrected chi connectivity index (χ0v) is 8.03. The molecule has 2 N–H and O–H groups in total. The molecule has 4 nitrogen and oxygen atoms in total. The fraction of sp³-hybridized carbons (Fsp3) is 0.778. The largest absolute Gasteiger partial charge is 0.325 e. The number of hydrogen-bond acceptors (Lipinski definition) is 3. The van der Waals surface area contributed by atoms with Crippen molar-refractivity contribution in [3.8, 4) is 0 Å². The Morgan fingerprint density at radius 1 is 1.54 bits per heavy atom. The van der Waals surface area contributed by atoms with Gasteiger partial charge in [-0.1, -0.05) is 0 Å². The van der Waals surface area contributed by atoms with Gasteiger partial charge in [0.05, 0.1) is 0 Å². The topological polar surface area (TPSA) is 54.0 Å². The molecule has 0 aromatic rings. The monoisotopic (exact) mass is 180 g/mol. The average Bonchev–Trinajstić information content (AvgIpc) is 1.96. The van der Waals surface area contributed by atoms with E-state index in [1.54, 1.807) is 0 Å². The fourth-order valence-corrected chi connectivity index (χ4v) is 2.90. The molecule has 3 rings (SSSR count). The molecule has 2 bridgehead atoms. The van der Waals surface area contributed by atoms with Crippen molar-refractivity contribution in [1.82, 2.24) is 5.01 Å². The molecule has 3 aliphatic carbocycles. The van der Waals surface area contributed by atoms with Gasteiger partial charge in [-0.3, -0.25) is 10.0 Å². The minimum absolute atomic E-state index is 0.196. The molecule has 72 valence electrons. The van der Waals surface area contributed by atoms with E-state index in [4.69, 9.17) is 5.73 Å². The number of nitrogens with zero attached hydrogens (tertiary/aromatic N) is 3. The van der Waals surface area contributed by atoms with Crippen molar-refractivity contribution < 1.29 is 0 Å². The third-order valence-corrected chi connectivity index (χ3v) is 3.08. The lowest BCUT2D eigenvalue weighted by atomic mass is 9.40. The van der Waals surface area contributed by atoms with E-state index in [2.05, 4.69) is 16.8 Å². The summed E-state index contributed by atoms with van der Waals surface area (Å²) in [5.74, 6) is 0. The highest BCUT2D eigenvalue weighted by Crippen LogP contribution is 2.65. The molecule has 0 aromatic heterocycles. The van der Waals surface area contributed by atoms with Crippen molar-refractivity contribution in [3.05, 3.63) is 0 Å². The van der Waals surface area contributed by atoms with Crippen LogP contribution in [0.15, 0.2) is 10.1 Å². The van der Waals surface area contributed by atoms with Gasteiger partial charge in [-0.2, -0.15) is 5.10 Å². The second kappa shape index (κ2) is 2.54. The third-order valence-electron chi connectivity index (χ3n) is 3.08. The van der Waals surface area contributed by atoms with Crippen molar-refractivity contribution in [3.63, 3.8) is 0 Å². The summed E-state index contributed by atoms with van der Waals surface area (Å²) in [4.78, 5) is 3.57. The number of hydrogen-bond donors (Lipinski definition) is 1. The Morgan fingerprint density at radius 2 is 2.15 bits per heavy atom. The van der Waals surface area contributed by atoms with Crippen LogP contribution in [0.25, 0.3) is 0 Å². The molecule has 0 saturated heterocycles. The van der Waals surface area contributed by atoms with Crippen molar-refractivity contribution in [2.45, 2.75) is 24.8 Å². The van der Waals surface area contributed by atoms with Crippen LogP contribution >= 0.6 is 0 Å². The molecule has 4 heteroatoms. The zero-order chi connectivity index (χ0) is 9.53.